The Labute approximate surface area is 166 Å². The molecule has 0 unspecified atom stereocenters. The molecule has 0 aliphatic carbocycles. The van der Waals surface area contributed by atoms with Gasteiger partial charge < -0.3 is 4.74 Å². The summed E-state index contributed by atoms with van der Waals surface area (Å²) in [6.45, 7) is 2.38. The van der Waals surface area contributed by atoms with Crippen LogP contribution in [0.4, 0.5) is 5.69 Å². The van der Waals surface area contributed by atoms with Crippen molar-refractivity contribution in [3.63, 3.8) is 0 Å². The van der Waals surface area contributed by atoms with Crippen LogP contribution in [0.2, 0.25) is 0 Å². The van der Waals surface area contributed by atoms with Crippen LogP contribution < -0.4 is 9.46 Å². The van der Waals surface area contributed by atoms with E-state index >= 15 is 0 Å². The zero-order valence-corrected chi connectivity index (χ0v) is 17.5. The van der Waals surface area contributed by atoms with Crippen LogP contribution in [0.25, 0.3) is 0 Å². The van der Waals surface area contributed by atoms with E-state index in [2.05, 4.69) is 4.72 Å². The highest BCUT2D eigenvalue weighted by Crippen LogP contribution is 2.28. The van der Waals surface area contributed by atoms with Crippen LogP contribution in [-0.2, 0) is 33.0 Å². The van der Waals surface area contributed by atoms with E-state index in [1.165, 1.54) is 23.5 Å². The maximum atomic E-state index is 13.0. The van der Waals surface area contributed by atoms with Gasteiger partial charge in [-0.2, -0.15) is 4.31 Å². The summed E-state index contributed by atoms with van der Waals surface area (Å²) in [5.74, 6) is 0.633. The van der Waals surface area contributed by atoms with Crippen molar-refractivity contribution in [2.75, 3.05) is 24.1 Å². The molecule has 1 N–H and O–H groups in total. The topological polar surface area (TPSA) is 92.8 Å². The molecule has 1 aliphatic rings. The fraction of sp³-hybridized carbons (Fsp3) is 0.368. The van der Waals surface area contributed by atoms with Gasteiger partial charge in [0.1, 0.15) is 5.75 Å². The Morgan fingerprint density at radius 1 is 1.04 bits per heavy atom. The first-order chi connectivity index (χ1) is 13.2. The molecule has 0 fully saturated rings. The molecule has 0 aromatic heterocycles. The van der Waals surface area contributed by atoms with E-state index in [4.69, 9.17) is 4.74 Å². The lowest BCUT2D eigenvalue weighted by molar-refractivity contribution is 0.391. The smallest absolute Gasteiger partial charge is 0.243 e. The molecule has 7 nitrogen and oxygen atoms in total. The van der Waals surface area contributed by atoms with Crippen LogP contribution >= 0.6 is 0 Å². The van der Waals surface area contributed by atoms with Crippen molar-refractivity contribution in [2.24, 2.45) is 0 Å². The lowest BCUT2D eigenvalue weighted by Crippen LogP contribution is -2.36. The van der Waals surface area contributed by atoms with Crippen molar-refractivity contribution in [3.05, 3.63) is 53.6 Å². The van der Waals surface area contributed by atoms with Crippen molar-refractivity contribution in [1.82, 2.24) is 4.31 Å². The lowest BCUT2D eigenvalue weighted by Gasteiger charge is -2.28. The Morgan fingerprint density at radius 3 is 2.39 bits per heavy atom. The minimum atomic E-state index is -3.65. The van der Waals surface area contributed by atoms with Crippen LogP contribution in [0, 0.1) is 0 Å². The van der Waals surface area contributed by atoms with E-state index in [0.29, 0.717) is 30.8 Å². The molecular weight excluding hydrogens is 400 g/mol. The molecular formula is C19H24N2O5S2. The first-order valence-electron chi connectivity index (χ1n) is 9.01. The number of sulfonamides is 2. The molecule has 1 aliphatic heterocycles. The number of anilines is 1. The molecule has 28 heavy (non-hydrogen) atoms. The molecule has 2 aromatic carbocycles. The van der Waals surface area contributed by atoms with Gasteiger partial charge in [-0.1, -0.05) is 13.0 Å². The first kappa shape index (κ1) is 20.6. The third-order valence-corrected chi connectivity index (χ3v) is 7.98. The van der Waals surface area contributed by atoms with Crippen LogP contribution in [0.3, 0.4) is 0 Å². The third-order valence-electron chi connectivity index (χ3n) is 4.63. The van der Waals surface area contributed by atoms with Gasteiger partial charge >= 0.3 is 0 Å². The van der Waals surface area contributed by atoms with Crippen LogP contribution in [0.15, 0.2) is 47.4 Å². The van der Waals surface area contributed by atoms with Crippen LogP contribution in [0.5, 0.6) is 5.75 Å². The molecule has 0 radical (unpaired) electrons. The number of hydrogen-bond donors (Lipinski definition) is 1. The van der Waals surface area contributed by atoms with E-state index < -0.39 is 20.0 Å². The standard InChI is InChI=1S/C19H24N2O5S2/c1-3-12-27(22,23)20-17-5-4-15-10-11-21(14-16(15)13-17)28(24,25)19-8-6-18(26-2)7-9-19/h4-9,13,20H,3,10-12,14H2,1-2H3. The van der Waals surface area contributed by atoms with E-state index in [0.717, 1.165) is 11.1 Å². The van der Waals surface area contributed by atoms with Gasteiger partial charge in [-0.3, -0.25) is 4.72 Å². The number of nitrogens with zero attached hydrogens (tertiary/aromatic N) is 1. The van der Waals surface area contributed by atoms with E-state index in [9.17, 15) is 16.8 Å². The minimum absolute atomic E-state index is 0.0437. The quantitative estimate of drug-likeness (QED) is 0.737. The second-order valence-corrected chi connectivity index (χ2v) is 10.4. The molecule has 2 aromatic rings. The van der Waals surface area contributed by atoms with Crippen molar-refractivity contribution >= 4 is 25.7 Å². The zero-order chi connectivity index (χ0) is 20.4. The summed E-state index contributed by atoms with van der Waals surface area (Å²) >= 11 is 0. The van der Waals surface area contributed by atoms with Gasteiger partial charge in [-0.05, 0) is 60.4 Å². The number of benzene rings is 2. The number of methoxy groups -OCH3 is 1. The minimum Gasteiger partial charge on any atom is -0.497 e. The average Bonchev–Trinajstić information content (AvgIpc) is 2.67. The number of ether oxygens (including phenoxy) is 1. The highest BCUT2D eigenvalue weighted by molar-refractivity contribution is 7.92. The second-order valence-electron chi connectivity index (χ2n) is 6.67. The van der Waals surface area contributed by atoms with E-state index in [-0.39, 0.29) is 17.2 Å². The predicted octanol–water partition coefficient (Wildman–Crippen LogP) is 2.59. The molecule has 3 rings (SSSR count). The van der Waals surface area contributed by atoms with Crippen molar-refractivity contribution in [1.29, 1.82) is 0 Å². The van der Waals surface area contributed by atoms with Gasteiger partial charge in [0.25, 0.3) is 0 Å². The van der Waals surface area contributed by atoms with Gasteiger partial charge in [0, 0.05) is 18.8 Å². The highest BCUT2D eigenvalue weighted by atomic mass is 32.2. The summed E-state index contributed by atoms with van der Waals surface area (Å²) < 4.78 is 59.0. The summed E-state index contributed by atoms with van der Waals surface area (Å²) in [6, 6.07) is 11.6. The third kappa shape index (κ3) is 4.48. The molecule has 1 heterocycles. The highest BCUT2D eigenvalue weighted by Gasteiger charge is 2.28. The monoisotopic (exact) mass is 424 g/mol. The molecule has 0 saturated carbocycles. The molecule has 0 amide bonds. The largest absolute Gasteiger partial charge is 0.497 e. The summed E-state index contributed by atoms with van der Waals surface area (Å²) in [6.07, 6.45) is 1.10. The van der Waals surface area contributed by atoms with Gasteiger partial charge in [0.2, 0.25) is 20.0 Å². The number of fused-ring (bicyclic) bond motifs is 1. The van der Waals surface area contributed by atoms with Gasteiger partial charge in [0.05, 0.1) is 17.8 Å². The first-order valence-corrected chi connectivity index (χ1v) is 12.1. The summed E-state index contributed by atoms with van der Waals surface area (Å²) in [7, 11) is -5.52. The molecule has 0 atom stereocenters. The van der Waals surface area contributed by atoms with Crippen molar-refractivity contribution in [3.8, 4) is 5.75 Å². The maximum Gasteiger partial charge on any atom is 0.243 e. The molecule has 9 heteroatoms. The van der Waals surface area contributed by atoms with Crippen molar-refractivity contribution < 1.29 is 21.6 Å². The van der Waals surface area contributed by atoms with Gasteiger partial charge in [-0.15, -0.1) is 0 Å². The fourth-order valence-corrected chi connectivity index (χ4v) is 5.74. The Morgan fingerprint density at radius 2 is 1.75 bits per heavy atom. The van der Waals surface area contributed by atoms with E-state index in [1.807, 2.05) is 6.07 Å². The molecule has 152 valence electrons. The van der Waals surface area contributed by atoms with Gasteiger partial charge in [0.15, 0.2) is 0 Å². The van der Waals surface area contributed by atoms with E-state index in [1.54, 1.807) is 31.2 Å². The number of rotatable bonds is 7. The van der Waals surface area contributed by atoms with Crippen LogP contribution in [0.1, 0.15) is 24.5 Å². The Hall–Kier alpha value is -2.10. The average molecular weight is 425 g/mol. The molecule has 0 bridgehead atoms. The normalized spacial score (nSPS) is 15.1. The summed E-state index contributed by atoms with van der Waals surface area (Å²) in [4.78, 5) is 0.205. The SMILES string of the molecule is CCCS(=O)(=O)Nc1ccc2c(c1)CN(S(=O)(=O)c1ccc(OC)cc1)CC2. The lowest BCUT2D eigenvalue weighted by atomic mass is 10.0. The fourth-order valence-electron chi connectivity index (χ4n) is 3.20. The Balaban J connectivity index is 1.83. The zero-order valence-electron chi connectivity index (χ0n) is 15.9. The Kier molecular flexibility index (Phi) is 5.97. The van der Waals surface area contributed by atoms with Gasteiger partial charge in [-0.25, -0.2) is 16.8 Å². The summed E-state index contributed by atoms with van der Waals surface area (Å²) in [5.41, 5.74) is 2.29. The van der Waals surface area contributed by atoms with Crippen LogP contribution in [-0.4, -0.2) is 40.5 Å². The number of hydrogen-bond acceptors (Lipinski definition) is 5. The van der Waals surface area contributed by atoms with Crippen molar-refractivity contribution in [2.45, 2.75) is 31.2 Å². The number of nitrogens with one attached hydrogen (secondary N) is 1. The summed E-state index contributed by atoms with van der Waals surface area (Å²) in [5, 5.41) is 0. The maximum absolute atomic E-state index is 13.0. The second kappa shape index (κ2) is 8.10. The molecule has 0 saturated heterocycles. The molecule has 0 spiro atoms. The Bertz CT molecular complexity index is 1050. The predicted molar refractivity (Wildman–Crippen MR) is 108 cm³/mol.